The Morgan fingerprint density at radius 1 is 1.22 bits per heavy atom. The Bertz CT molecular complexity index is 963. The molecule has 2 N–H and O–H groups in total. The lowest BCUT2D eigenvalue weighted by Gasteiger charge is -2.00. The molecular formula is C20H17NO2. The molecule has 0 saturated carbocycles. The van der Waals surface area contributed by atoms with Crippen LogP contribution < -0.4 is 0 Å². The maximum Gasteiger partial charge on any atom is 0.189 e. The van der Waals surface area contributed by atoms with E-state index < -0.39 is 0 Å². The van der Waals surface area contributed by atoms with Gasteiger partial charge in [0.2, 0.25) is 0 Å². The van der Waals surface area contributed by atoms with Crippen LogP contribution in [0.1, 0.15) is 34.0 Å². The molecule has 0 fully saturated rings. The zero-order chi connectivity index (χ0) is 16.0. The molecule has 0 amide bonds. The van der Waals surface area contributed by atoms with E-state index in [-0.39, 0.29) is 11.5 Å². The van der Waals surface area contributed by atoms with Gasteiger partial charge >= 0.3 is 0 Å². The molecule has 0 saturated heterocycles. The van der Waals surface area contributed by atoms with Gasteiger partial charge in [0.1, 0.15) is 5.75 Å². The van der Waals surface area contributed by atoms with Crippen molar-refractivity contribution in [2.45, 2.75) is 19.8 Å². The third-order valence-corrected chi connectivity index (χ3v) is 4.60. The molecule has 2 aromatic carbocycles. The fraction of sp³-hybridized carbons (Fsp3) is 0.150. The summed E-state index contributed by atoms with van der Waals surface area (Å²) in [5.74, 6) is 0.211. The molecule has 0 atom stereocenters. The zero-order valence-corrected chi connectivity index (χ0v) is 12.9. The topological polar surface area (TPSA) is 53.1 Å². The number of rotatable bonds is 2. The Labute approximate surface area is 134 Å². The number of ketones is 1. The number of phenols is 1. The van der Waals surface area contributed by atoms with Crippen molar-refractivity contribution in [2.24, 2.45) is 0 Å². The van der Waals surface area contributed by atoms with Crippen LogP contribution in [-0.4, -0.2) is 15.9 Å². The van der Waals surface area contributed by atoms with Crippen LogP contribution in [0.5, 0.6) is 5.75 Å². The predicted octanol–water partition coefficient (Wildman–Crippen LogP) is 4.26. The minimum Gasteiger partial charge on any atom is -0.508 e. The van der Waals surface area contributed by atoms with Gasteiger partial charge < -0.3 is 10.1 Å². The van der Waals surface area contributed by atoms with Crippen molar-refractivity contribution in [1.82, 2.24) is 4.98 Å². The second-order valence-corrected chi connectivity index (χ2v) is 5.92. The van der Waals surface area contributed by atoms with Crippen molar-refractivity contribution in [3.05, 3.63) is 70.4 Å². The number of aromatic amines is 1. The lowest BCUT2D eigenvalue weighted by molar-refractivity contribution is 0.104. The number of hydrogen-bond acceptors (Lipinski definition) is 2. The maximum absolute atomic E-state index is 12.5. The van der Waals surface area contributed by atoms with E-state index in [1.54, 1.807) is 18.2 Å². The van der Waals surface area contributed by atoms with Crippen LogP contribution in [-0.2, 0) is 12.8 Å². The molecule has 0 spiro atoms. The lowest BCUT2D eigenvalue weighted by atomic mass is 10.0. The number of benzene rings is 2. The average molecular weight is 303 g/mol. The van der Waals surface area contributed by atoms with Crippen molar-refractivity contribution >= 4 is 22.8 Å². The van der Waals surface area contributed by atoms with Crippen molar-refractivity contribution < 1.29 is 9.90 Å². The van der Waals surface area contributed by atoms with Gasteiger partial charge in [-0.1, -0.05) is 37.3 Å². The largest absolute Gasteiger partial charge is 0.508 e. The molecular weight excluding hydrogens is 286 g/mol. The fourth-order valence-electron chi connectivity index (χ4n) is 3.37. The molecule has 23 heavy (non-hydrogen) atoms. The first-order chi connectivity index (χ1) is 11.2. The predicted molar refractivity (Wildman–Crippen MR) is 91.8 cm³/mol. The Balaban J connectivity index is 1.81. The van der Waals surface area contributed by atoms with Gasteiger partial charge in [0.15, 0.2) is 5.78 Å². The van der Waals surface area contributed by atoms with E-state index in [2.05, 4.69) is 24.0 Å². The van der Waals surface area contributed by atoms with Gasteiger partial charge in [-0.25, -0.2) is 0 Å². The summed E-state index contributed by atoms with van der Waals surface area (Å²) in [5, 5.41) is 11.1. The first kappa shape index (κ1) is 13.8. The highest BCUT2D eigenvalue weighted by atomic mass is 16.3. The average Bonchev–Trinajstić information content (AvgIpc) is 3.11. The number of carbonyl (C=O) groups excluding carboxylic acids is 1. The first-order valence-electron chi connectivity index (χ1n) is 7.84. The van der Waals surface area contributed by atoms with E-state index in [0.29, 0.717) is 12.0 Å². The minimum atomic E-state index is 0.0110. The molecule has 1 aromatic heterocycles. The number of fused-ring (bicyclic) bond motifs is 2. The second kappa shape index (κ2) is 5.13. The van der Waals surface area contributed by atoms with Crippen LogP contribution in [0, 0.1) is 0 Å². The third-order valence-electron chi connectivity index (χ3n) is 4.60. The van der Waals surface area contributed by atoms with Gasteiger partial charge in [0.25, 0.3) is 0 Å². The van der Waals surface area contributed by atoms with Gasteiger partial charge in [0, 0.05) is 45.8 Å². The Morgan fingerprint density at radius 2 is 2.04 bits per heavy atom. The SMILES string of the molecule is CCc1cccc2c(/C=C3\Cc4c(O)cccc4C3=O)c[nH]c12. The molecule has 1 aliphatic carbocycles. The van der Waals surface area contributed by atoms with Crippen molar-refractivity contribution in [3.63, 3.8) is 0 Å². The van der Waals surface area contributed by atoms with Crippen molar-refractivity contribution in [2.75, 3.05) is 0 Å². The standard InChI is InChI=1S/C20H17NO2/c1-2-12-5-3-6-15-14(11-21-19(12)15)9-13-10-17-16(20(13)23)7-4-8-18(17)22/h3-9,11,21-22H,2,10H2,1H3/b13-9+. The molecule has 0 aliphatic heterocycles. The monoisotopic (exact) mass is 303 g/mol. The number of phenolic OH excluding ortho intramolecular Hbond substituents is 1. The number of aromatic nitrogens is 1. The number of aromatic hydroxyl groups is 1. The summed E-state index contributed by atoms with van der Waals surface area (Å²) >= 11 is 0. The van der Waals surface area contributed by atoms with E-state index in [1.165, 1.54) is 5.56 Å². The Kier molecular flexibility index (Phi) is 3.08. The van der Waals surface area contributed by atoms with Crippen LogP contribution in [0.25, 0.3) is 17.0 Å². The molecule has 1 aliphatic rings. The molecule has 3 nitrogen and oxygen atoms in total. The number of H-pyrrole nitrogens is 1. The summed E-state index contributed by atoms with van der Waals surface area (Å²) < 4.78 is 0. The smallest absolute Gasteiger partial charge is 0.189 e. The normalized spacial score (nSPS) is 15.5. The number of carbonyl (C=O) groups is 1. The molecule has 1 heterocycles. The first-order valence-corrected chi connectivity index (χ1v) is 7.84. The summed E-state index contributed by atoms with van der Waals surface area (Å²) in [6.45, 7) is 2.13. The van der Waals surface area contributed by atoms with E-state index in [0.717, 1.165) is 34.0 Å². The number of nitrogens with one attached hydrogen (secondary N) is 1. The summed E-state index contributed by atoms with van der Waals surface area (Å²) in [7, 11) is 0. The molecule has 3 heteroatoms. The molecule has 0 unspecified atom stereocenters. The van der Waals surface area contributed by atoms with E-state index in [1.807, 2.05) is 18.3 Å². The number of allylic oxidation sites excluding steroid dienone is 1. The highest BCUT2D eigenvalue weighted by Crippen LogP contribution is 2.34. The Morgan fingerprint density at radius 3 is 2.83 bits per heavy atom. The van der Waals surface area contributed by atoms with Gasteiger partial charge in [0.05, 0.1) is 0 Å². The summed E-state index contributed by atoms with van der Waals surface area (Å²) in [5.41, 5.74) is 5.50. The van der Waals surface area contributed by atoms with Crippen LogP contribution in [0.2, 0.25) is 0 Å². The molecule has 114 valence electrons. The van der Waals surface area contributed by atoms with Crippen LogP contribution >= 0.6 is 0 Å². The highest BCUT2D eigenvalue weighted by molar-refractivity contribution is 6.16. The molecule has 3 aromatic rings. The van der Waals surface area contributed by atoms with Gasteiger partial charge in [-0.05, 0) is 24.1 Å². The van der Waals surface area contributed by atoms with Crippen LogP contribution in [0.15, 0.2) is 48.2 Å². The van der Waals surface area contributed by atoms with Crippen LogP contribution in [0.3, 0.4) is 0 Å². The number of para-hydroxylation sites is 1. The fourth-order valence-corrected chi connectivity index (χ4v) is 3.37. The van der Waals surface area contributed by atoms with Gasteiger partial charge in [-0.2, -0.15) is 0 Å². The highest BCUT2D eigenvalue weighted by Gasteiger charge is 2.27. The number of Topliss-reactive ketones (excluding diaryl/α,β-unsaturated/α-hetero) is 1. The van der Waals surface area contributed by atoms with E-state index in [9.17, 15) is 9.90 Å². The minimum absolute atomic E-state index is 0.0110. The number of aryl methyl sites for hydroxylation is 1. The van der Waals surface area contributed by atoms with Crippen LogP contribution in [0.4, 0.5) is 0 Å². The summed E-state index contributed by atoms with van der Waals surface area (Å²) in [4.78, 5) is 15.9. The van der Waals surface area contributed by atoms with Crippen molar-refractivity contribution in [3.8, 4) is 5.75 Å². The molecule has 0 radical (unpaired) electrons. The van der Waals surface area contributed by atoms with E-state index >= 15 is 0 Å². The Hall–Kier alpha value is -2.81. The van der Waals surface area contributed by atoms with Gasteiger partial charge in [-0.15, -0.1) is 0 Å². The number of hydrogen-bond donors (Lipinski definition) is 2. The van der Waals surface area contributed by atoms with Crippen molar-refractivity contribution in [1.29, 1.82) is 0 Å². The molecule has 4 rings (SSSR count). The lowest BCUT2D eigenvalue weighted by Crippen LogP contribution is -1.94. The third kappa shape index (κ3) is 2.08. The summed E-state index contributed by atoms with van der Waals surface area (Å²) in [6, 6.07) is 11.4. The molecule has 0 bridgehead atoms. The maximum atomic E-state index is 12.5. The second-order valence-electron chi connectivity index (χ2n) is 5.92. The zero-order valence-electron chi connectivity index (χ0n) is 12.9. The van der Waals surface area contributed by atoms with Gasteiger partial charge in [-0.3, -0.25) is 4.79 Å². The summed E-state index contributed by atoms with van der Waals surface area (Å²) in [6.07, 6.45) is 5.35. The quantitative estimate of drug-likeness (QED) is 0.695. The van der Waals surface area contributed by atoms with E-state index in [4.69, 9.17) is 0 Å².